The fourth-order valence-electron chi connectivity index (χ4n) is 8.77. The van der Waals surface area contributed by atoms with Crippen LogP contribution in [0.5, 0.6) is 0 Å². The molecular formula is C74H120O6. The van der Waals surface area contributed by atoms with Gasteiger partial charge in [-0.3, -0.25) is 14.4 Å². The van der Waals surface area contributed by atoms with Crippen molar-refractivity contribution in [3.8, 4) is 0 Å². The van der Waals surface area contributed by atoms with Gasteiger partial charge in [0.2, 0.25) is 0 Å². The second kappa shape index (κ2) is 66.8. The summed E-state index contributed by atoms with van der Waals surface area (Å²) in [6.45, 7) is 6.35. The molecular weight excluding hydrogens is 985 g/mol. The van der Waals surface area contributed by atoms with Crippen molar-refractivity contribution in [1.82, 2.24) is 0 Å². The molecule has 6 nitrogen and oxygen atoms in total. The maximum atomic E-state index is 12.9. The SMILES string of the molecule is CC/C=C\C/C=C\C/C=C\C/C=C\C/C=C\C/C=C\CCCCCCCCCCCCCCC(=O)OCC(COC(=O)CCCCCCCCCCCCCC)OC(=O)CC/C=C\C/C=C\C/C=C\C/C=C\C/C=C\C/C=C\CC. The van der Waals surface area contributed by atoms with Gasteiger partial charge in [0.1, 0.15) is 13.2 Å². The Hall–Kier alpha value is -4.71. The third kappa shape index (κ3) is 64.1. The van der Waals surface area contributed by atoms with E-state index in [2.05, 4.69) is 161 Å². The number of ether oxygens (including phenoxy) is 3. The van der Waals surface area contributed by atoms with Crippen LogP contribution in [0.4, 0.5) is 0 Å². The molecule has 0 aromatic heterocycles. The second-order valence-electron chi connectivity index (χ2n) is 21.3. The molecule has 80 heavy (non-hydrogen) atoms. The summed E-state index contributed by atoms with van der Waals surface area (Å²) in [5, 5.41) is 0. The molecule has 0 aliphatic carbocycles. The molecule has 1 unspecified atom stereocenters. The molecule has 0 saturated carbocycles. The van der Waals surface area contributed by atoms with Gasteiger partial charge >= 0.3 is 17.9 Å². The molecule has 6 heteroatoms. The number of carbonyl (C=O) groups excluding carboxylic acids is 3. The fourth-order valence-corrected chi connectivity index (χ4v) is 8.77. The minimum absolute atomic E-state index is 0.110. The summed E-state index contributed by atoms with van der Waals surface area (Å²) >= 11 is 0. The standard InChI is InChI=1S/C74H120O6/c1-4-7-10-13-16-19-22-25-27-29-31-32-33-34-35-36-37-38-39-40-41-42-44-45-47-49-52-55-58-61-64-67-73(76)79-70-71(69-78-72(75)66-63-60-57-54-51-24-21-18-15-12-9-6-3)80-74(77)68-65-62-59-56-53-50-48-46-43-30-28-26-23-20-17-14-11-8-5-2/h7-8,10-11,16-17,19-20,25-28,31-32,34-35,37-38,43,46,50,53,59,62,71H,4-6,9,12-15,18,21-24,29-30,33,36,39-42,44-45,47-49,51-52,54-58,60-61,63-70H2,1-3H3/b10-7-,11-8-,19-16-,20-17-,27-25-,28-26-,32-31-,35-34-,38-37-,46-43-,53-50-,62-59-. The van der Waals surface area contributed by atoms with Crippen molar-refractivity contribution in [3.63, 3.8) is 0 Å². The van der Waals surface area contributed by atoms with E-state index >= 15 is 0 Å². The highest BCUT2D eigenvalue weighted by Gasteiger charge is 2.19. The third-order valence-corrected chi connectivity index (χ3v) is 13.6. The van der Waals surface area contributed by atoms with E-state index in [0.717, 1.165) is 116 Å². The normalized spacial score (nSPS) is 13.1. The Morgan fingerprint density at radius 2 is 0.512 bits per heavy atom. The molecule has 0 heterocycles. The van der Waals surface area contributed by atoms with E-state index in [1.165, 1.54) is 122 Å². The Labute approximate surface area is 493 Å². The number of allylic oxidation sites excluding steroid dienone is 24. The van der Waals surface area contributed by atoms with Crippen LogP contribution in [0.25, 0.3) is 0 Å². The molecule has 0 bridgehead atoms. The van der Waals surface area contributed by atoms with E-state index in [1.54, 1.807) is 0 Å². The average molecular weight is 1110 g/mol. The van der Waals surface area contributed by atoms with Crippen LogP contribution in [0.1, 0.15) is 284 Å². The van der Waals surface area contributed by atoms with Crippen molar-refractivity contribution in [2.45, 2.75) is 290 Å². The molecule has 0 saturated heterocycles. The molecule has 0 amide bonds. The number of hydrogen-bond donors (Lipinski definition) is 0. The lowest BCUT2D eigenvalue weighted by Crippen LogP contribution is -2.30. The van der Waals surface area contributed by atoms with E-state index in [0.29, 0.717) is 19.3 Å². The van der Waals surface area contributed by atoms with Gasteiger partial charge in [0.25, 0.3) is 0 Å². The Kier molecular flexibility index (Phi) is 62.9. The highest BCUT2D eigenvalue weighted by Crippen LogP contribution is 2.16. The van der Waals surface area contributed by atoms with Crippen molar-refractivity contribution in [2.24, 2.45) is 0 Å². The van der Waals surface area contributed by atoms with E-state index < -0.39 is 12.1 Å². The van der Waals surface area contributed by atoms with Crippen LogP contribution in [0.3, 0.4) is 0 Å². The number of esters is 3. The van der Waals surface area contributed by atoms with E-state index in [9.17, 15) is 14.4 Å². The van der Waals surface area contributed by atoms with Gasteiger partial charge in [-0.1, -0.05) is 301 Å². The van der Waals surface area contributed by atoms with Gasteiger partial charge < -0.3 is 14.2 Å². The van der Waals surface area contributed by atoms with Crippen LogP contribution in [-0.2, 0) is 28.6 Å². The van der Waals surface area contributed by atoms with Crippen LogP contribution in [0, 0.1) is 0 Å². The smallest absolute Gasteiger partial charge is 0.306 e. The van der Waals surface area contributed by atoms with Gasteiger partial charge in [-0.05, 0) is 109 Å². The first kappa shape index (κ1) is 75.3. The van der Waals surface area contributed by atoms with Crippen molar-refractivity contribution in [1.29, 1.82) is 0 Å². The van der Waals surface area contributed by atoms with Crippen LogP contribution >= 0.6 is 0 Å². The summed E-state index contributed by atoms with van der Waals surface area (Å²) in [6.07, 6.45) is 95.9. The Morgan fingerprint density at radius 3 is 0.812 bits per heavy atom. The average Bonchev–Trinajstić information content (AvgIpc) is 3.46. The summed E-state index contributed by atoms with van der Waals surface area (Å²) in [5.41, 5.74) is 0. The summed E-state index contributed by atoms with van der Waals surface area (Å²) < 4.78 is 16.8. The molecule has 0 aromatic rings. The van der Waals surface area contributed by atoms with Gasteiger partial charge in [-0.15, -0.1) is 0 Å². The first-order chi connectivity index (χ1) is 39.5. The van der Waals surface area contributed by atoms with Gasteiger partial charge in [0.05, 0.1) is 0 Å². The zero-order chi connectivity index (χ0) is 57.8. The van der Waals surface area contributed by atoms with Gasteiger partial charge in [0, 0.05) is 19.3 Å². The monoisotopic (exact) mass is 1100 g/mol. The van der Waals surface area contributed by atoms with Gasteiger partial charge in [-0.25, -0.2) is 0 Å². The Bertz CT molecular complexity index is 1750. The molecule has 0 fully saturated rings. The molecule has 0 aliphatic heterocycles. The fraction of sp³-hybridized carbons (Fsp3) is 0.635. The first-order valence-corrected chi connectivity index (χ1v) is 32.8. The predicted octanol–water partition coefficient (Wildman–Crippen LogP) is 22.7. The van der Waals surface area contributed by atoms with Gasteiger partial charge in [-0.2, -0.15) is 0 Å². The molecule has 0 spiro atoms. The van der Waals surface area contributed by atoms with Gasteiger partial charge in [0.15, 0.2) is 6.10 Å². The number of unbranched alkanes of at least 4 members (excludes halogenated alkanes) is 23. The largest absolute Gasteiger partial charge is 0.462 e. The minimum Gasteiger partial charge on any atom is -0.462 e. The maximum Gasteiger partial charge on any atom is 0.306 e. The van der Waals surface area contributed by atoms with Crippen LogP contribution in [-0.4, -0.2) is 37.2 Å². The highest BCUT2D eigenvalue weighted by atomic mass is 16.6. The van der Waals surface area contributed by atoms with Crippen LogP contribution in [0.2, 0.25) is 0 Å². The summed E-state index contributed by atoms with van der Waals surface area (Å²) in [4.78, 5) is 38.3. The highest BCUT2D eigenvalue weighted by molar-refractivity contribution is 5.71. The lowest BCUT2D eigenvalue weighted by atomic mass is 10.0. The second-order valence-corrected chi connectivity index (χ2v) is 21.3. The van der Waals surface area contributed by atoms with E-state index in [1.807, 2.05) is 6.08 Å². The molecule has 0 N–H and O–H groups in total. The number of carbonyl (C=O) groups is 3. The maximum absolute atomic E-state index is 12.9. The summed E-state index contributed by atoms with van der Waals surface area (Å²) in [7, 11) is 0. The van der Waals surface area contributed by atoms with Crippen molar-refractivity contribution < 1.29 is 28.6 Å². The molecule has 0 aromatic carbocycles. The zero-order valence-corrected chi connectivity index (χ0v) is 51.8. The molecule has 0 aliphatic rings. The number of hydrogen-bond acceptors (Lipinski definition) is 6. The summed E-state index contributed by atoms with van der Waals surface area (Å²) in [5.74, 6) is -0.995. The molecule has 0 radical (unpaired) electrons. The first-order valence-electron chi connectivity index (χ1n) is 32.8. The molecule has 1 atom stereocenters. The zero-order valence-electron chi connectivity index (χ0n) is 51.8. The lowest BCUT2D eigenvalue weighted by Gasteiger charge is -2.18. The lowest BCUT2D eigenvalue weighted by molar-refractivity contribution is -0.166. The van der Waals surface area contributed by atoms with Crippen LogP contribution in [0.15, 0.2) is 146 Å². The number of rotatable bonds is 58. The predicted molar refractivity (Wildman–Crippen MR) is 348 cm³/mol. The molecule has 0 rings (SSSR count). The Morgan fingerprint density at radius 1 is 0.263 bits per heavy atom. The summed E-state index contributed by atoms with van der Waals surface area (Å²) in [6, 6.07) is 0. The van der Waals surface area contributed by atoms with Crippen molar-refractivity contribution in [3.05, 3.63) is 146 Å². The van der Waals surface area contributed by atoms with Crippen molar-refractivity contribution >= 4 is 17.9 Å². The van der Waals surface area contributed by atoms with Crippen molar-refractivity contribution in [2.75, 3.05) is 13.2 Å². The van der Waals surface area contributed by atoms with Crippen LogP contribution < -0.4 is 0 Å². The quantitative estimate of drug-likeness (QED) is 0.0261. The van der Waals surface area contributed by atoms with E-state index in [4.69, 9.17) is 14.2 Å². The van der Waals surface area contributed by atoms with E-state index in [-0.39, 0.29) is 31.6 Å². The minimum atomic E-state index is -0.823. The topological polar surface area (TPSA) is 78.9 Å². The third-order valence-electron chi connectivity index (χ3n) is 13.6. The molecule has 452 valence electrons. The Balaban J connectivity index is 4.34.